The minimum absolute atomic E-state index is 0.924. The molecule has 0 unspecified atom stereocenters. The van der Waals surface area contributed by atoms with Crippen LogP contribution in [-0.4, -0.2) is 18.5 Å². The molecule has 4 heteroatoms. The van der Waals surface area contributed by atoms with Gasteiger partial charge in [-0.15, -0.1) is 0 Å². The van der Waals surface area contributed by atoms with E-state index in [0.717, 1.165) is 44.7 Å². The monoisotopic (exact) mass is 462 g/mol. The fourth-order valence-corrected chi connectivity index (χ4v) is 5.71. The molecule has 0 saturated heterocycles. The van der Waals surface area contributed by atoms with Crippen molar-refractivity contribution in [1.29, 1.82) is 0 Å². The molecule has 0 fully saturated rings. The molecular weight excluding hydrogens is 440 g/mol. The van der Waals surface area contributed by atoms with Gasteiger partial charge in [-0.1, -0.05) is 66.2 Å². The van der Waals surface area contributed by atoms with Crippen LogP contribution in [-0.2, 0) is 0 Å². The third-order valence-corrected chi connectivity index (χ3v) is 7.31. The number of aryl methyl sites for hydroxylation is 1. The minimum Gasteiger partial charge on any atom is -0.307 e. The number of aromatic nitrogens is 4. The van der Waals surface area contributed by atoms with E-state index in [-0.39, 0.29) is 0 Å². The Bertz CT molecular complexity index is 2090. The highest BCUT2D eigenvalue weighted by Crippen LogP contribution is 2.38. The third-order valence-electron chi connectivity index (χ3n) is 7.31. The van der Waals surface area contributed by atoms with Crippen molar-refractivity contribution >= 4 is 49.7 Å². The van der Waals surface area contributed by atoms with Gasteiger partial charge in [-0.25, -0.2) is 4.98 Å². The maximum absolute atomic E-state index is 5.37. The van der Waals surface area contributed by atoms with Gasteiger partial charge >= 0.3 is 0 Å². The average Bonchev–Trinajstić information content (AvgIpc) is 3.56. The molecule has 0 radical (unpaired) electrons. The fraction of sp³-hybridized carbons (Fsp3) is 0.0312. The lowest BCUT2D eigenvalue weighted by molar-refractivity contribution is 1.11. The summed E-state index contributed by atoms with van der Waals surface area (Å²) in [5.41, 5.74) is 10.2. The molecule has 0 spiro atoms. The molecule has 0 bridgehead atoms. The molecule has 0 amide bonds. The van der Waals surface area contributed by atoms with Crippen molar-refractivity contribution in [3.63, 3.8) is 0 Å². The molecule has 5 aromatic carbocycles. The first-order chi connectivity index (χ1) is 17.8. The summed E-state index contributed by atoms with van der Waals surface area (Å²) >= 11 is 0. The predicted octanol–water partition coefficient (Wildman–Crippen LogP) is 7.84. The Labute approximate surface area is 207 Å². The second-order valence-electron chi connectivity index (χ2n) is 9.42. The molecule has 8 rings (SSSR count). The van der Waals surface area contributed by atoms with Gasteiger partial charge in [0, 0.05) is 22.1 Å². The fourth-order valence-electron chi connectivity index (χ4n) is 5.71. The Morgan fingerprint density at radius 2 is 1.17 bits per heavy atom. The van der Waals surface area contributed by atoms with Crippen LogP contribution < -0.4 is 0 Å². The summed E-state index contributed by atoms with van der Waals surface area (Å²) in [6, 6.07) is 41.0. The lowest BCUT2D eigenvalue weighted by atomic mass is 10.1. The van der Waals surface area contributed by atoms with E-state index >= 15 is 0 Å². The van der Waals surface area contributed by atoms with Gasteiger partial charge in [0.2, 0.25) is 5.78 Å². The van der Waals surface area contributed by atoms with Crippen LogP contribution in [0.1, 0.15) is 5.56 Å². The van der Waals surface area contributed by atoms with Gasteiger partial charge in [0.15, 0.2) is 0 Å². The van der Waals surface area contributed by atoms with Gasteiger partial charge in [0.05, 0.1) is 27.6 Å². The number of fused-ring (bicyclic) bond motifs is 9. The SMILES string of the molecule is Cc1ccc(-n2c3ccccc3n3c4ccc5c6ccccc6n(-c6ccccc6)c5c4nc23)cc1. The van der Waals surface area contributed by atoms with Gasteiger partial charge in [0.1, 0.15) is 5.52 Å². The lowest BCUT2D eigenvalue weighted by Crippen LogP contribution is -1.95. The first kappa shape index (κ1) is 19.5. The Balaban J connectivity index is 1.59. The zero-order valence-electron chi connectivity index (χ0n) is 19.8. The quantitative estimate of drug-likeness (QED) is 0.257. The normalized spacial score (nSPS) is 12.0. The standard InChI is InChI=1S/C32H22N4/c1-21-15-17-23(18-16-21)35-27-13-7-8-14-28(27)36-29-20-19-25-24-11-5-6-12-26(24)34(22-9-3-2-4-10-22)31(25)30(29)33-32(35)36/h2-20H,1H3. The van der Waals surface area contributed by atoms with Gasteiger partial charge in [-0.3, -0.25) is 8.97 Å². The lowest BCUT2D eigenvalue weighted by Gasteiger charge is -2.08. The number of nitrogens with zero attached hydrogens (tertiary/aromatic N) is 4. The second kappa shape index (κ2) is 7.09. The van der Waals surface area contributed by atoms with Crippen molar-refractivity contribution in [2.45, 2.75) is 6.92 Å². The van der Waals surface area contributed by atoms with E-state index in [0.29, 0.717) is 0 Å². The van der Waals surface area contributed by atoms with E-state index in [1.807, 2.05) is 0 Å². The van der Waals surface area contributed by atoms with Crippen molar-refractivity contribution in [3.8, 4) is 11.4 Å². The van der Waals surface area contributed by atoms with Crippen molar-refractivity contribution < 1.29 is 0 Å². The van der Waals surface area contributed by atoms with Crippen molar-refractivity contribution in [2.24, 2.45) is 0 Å². The number of hydrogen-bond acceptors (Lipinski definition) is 1. The summed E-state index contributed by atoms with van der Waals surface area (Å²) in [5.74, 6) is 0.924. The molecule has 0 saturated carbocycles. The zero-order valence-corrected chi connectivity index (χ0v) is 19.8. The maximum Gasteiger partial charge on any atom is 0.220 e. The largest absolute Gasteiger partial charge is 0.307 e. The van der Waals surface area contributed by atoms with E-state index in [9.17, 15) is 0 Å². The van der Waals surface area contributed by atoms with E-state index in [2.05, 4.69) is 136 Å². The highest BCUT2D eigenvalue weighted by Gasteiger charge is 2.21. The van der Waals surface area contributed by atoms with Crippen molar-refractivity contribution in [3.05, 3.63) is 121 Å². The Morgan fingerprint density at radius 1 is 0.500 bits per heavy atom. The van der Waals surface area contributed by atoms with Crippen LogP contribution in [0.3, 0.4) is 0 Å². The topological polar surface area (TPSA) is 27.2 Å². The molecule has 170 valence electrons. The van der Waals surface area contributed by atoms with E-state index in [4.69, 9.17) is 4.98 Å². The number of rotatable bonds is 2. The average molecular weight is 463 g/mol. The Hall–Kier alpha value is -4.83. The van der Waals surface area contributed by atoms with E-state index in [1.54, 1.807) is 0 Å². The van der Waals surface area contributed by atoms with Gasteiger partial charge in [0.25, 0.3) is 0 Å². The van der Waals surface area contributed by atoms with Crippen LogP contribution in [0.15, 0.2) is 115 Å². The first-order valence-electron chi connectivity index (χ1n) is 12.3. The van der Waals surface area contributed by atoms with Crippen molar-refractivity contribution in [2.75, 3.05) is 0 Å². The van der Waals surface area contributed by atoms with Crippen LogP contribution in [0.4, 0.5) is 0 Å². The second-order valence-corrected chi connectivity index (χ2v) is 9.42. The molecule has 4 nitrogen and oxygen atoms in total. The van der Waals surface area contributed by atoms with Crippen LogP contribution in [0.5, 0.6) is 0 Å². The molecule has 0 aliphatic rings. The van der Waals surface area contributed by atoms with E-state index in [1.165, 1.54) is 21.9 Å². The van der Waals surface area contributed by atoms with Gasteiger partial charge in [-0.05, 0) is 61.5 Å². The van der Waals surface area contributed by atoms with Crippen LogP contribution in [0.2, 0.25) is 0 Å². The van der Waals surface area contributed by atoms with Crippen molar-refractivity contribution in [1.82, 2.24) is 18.5 Å². The molecule has 3 heterocycles. The van der Waals surface area contributed by atoms with Crippen LogP contribution in [0.25, 0.3) is 61.0 Å². The first-order valence-corrected chi connectivity index (χ1v) is 12.3. The summed E-state index contributed by atoms with van der Waals surface area (Å²) in [6.45, 7) is 2.12. The maximum atomic E-state index is 5.37. The highest BCUT2D eigenvalue weighted by atomic mass is 15.2. The number of imidazole rings is 2. The summed E-state index contributed by atoms with van der Waals surface area (Å²) in [5, 5.41) is 2.45. The van der Waals surface area contributed by atoms with Crippen LogP contribution >= 0.6 is 0 Å². The summed E-state index contributed by atoms with van der Waals surface area (Å²) in [4.78, 5) is 5.37. The van der Waals surface area contributed by atoms with Gasteiger partial charge < -0.3 is 4.57 Å². The number of para-hydroxylation sites is 4. The Kier molecular flexibility index (Phi) is 3.84. The molecule has 3 aromatic heterocycles. The molecule has 0 N–H and O–H groups in total. The zero-order chi connectivity index (χ0) is 23.8. The summed E-state index contributed by atoms with van der Waals surface area (Å²) in [7, 11) is 0. The molecular formula is C32H22N4. The van der Waals surface area contributed by atoms with Gasteiger partial charge in [-0.2, -0.15) is 0 Å². The number of benzene rings is 5. The molecule has 36 heavy (non-hydrogen) atoms. The predicted molar refractivity (Wildman–Crippen MR) is 149 cm³/mol. The summed E-state index contributed by atoms with van der Waals surface area (Å²) < 4.78 is 6.94. The summed E-state index contributed by atoms with van der Waals surface area (Å²) in [6.07, 6.45) is 0. The molecule has 0 aliphatic heterocycles. The molecule has 8 aromatic rings. The number of hydrogen-bond donors (Lipinski definition) is 0. The third kappa shape index (κ3) is 2.50. The Morgan fingerprint density at radius 3 is 1.97 bits per heavy atom. The minimum atomic E-state index is 0.924. The smallest absolute Gasteiger partial charge is 0.220 e. The van der Waals surface area contributed by atoms with E-state index < -0.39 is 0 Å². The molecule has 0 aliphatic carbocycles. The highest BCUT2D eigenvalue weighted by molar-refractivity contribution is 6.18. The van der Waals surface area contributed by atoms with Crippen LogP contribution in [0, 0.1) is 6.92 Å². The molecule has 0 atom stereocenters.